The van der Waals surface area contributed by atoms with E-state index in [0.29, 0.717) is 5.02 Å². The number of nitrogens with zero attached hydrogens (tertiary/aromatic N) is 2. The number of aryl methyl sites for hydroxylation is 1. The maximum Gasteiger partial charge on any atom is 0.244 e. The Morgan fingerprint density at radius 1 is 0.923 bits per heavy atom. The number of hydrogen-bond acceptors (Lipinski definition) is 4. The van der Waals surface area contributed by atoms with Gasteiger partial charge in [-0.15, -0.1) is 0 Å². The smallest absolute Gasteiger partial charge is 0.244 e. The van der Waals surface area contributed by atoms with Crippen molar-refractivity contribution in [3.05, 3.63) is 101 Å². The third-order valence-corrected chi connectivity index (χ3v) is 7.36. The number of halogens is 1. The second-order valence-electron chi connectivity index (χ2n) is 10.7. The summed E-state index contributed by atoms with van der Waals surface area (Å²) in [6, 6.07) is 22.6. The van der Waals surface area contributed by atoms with E-state index in [1.165, 1.54) is 11.0 Å². The van der Waals surface area contributed by atoms with Crippen LogP contribution in [0.1, 0.15) is 37.5 Å². The monoisotopic (exact) mass is 569 g/mol. The fraction of sp³-hybridized carbons (Fsp3) is 0.333. The average Bonchev–Trinajstić information content (AvgIpc) is 2.83. The van der Waals surface area contributed by atoms with E-state index in [9.17, 15) is 18.0 Å². The predicted octanol–water partition coefficient (Wildman–Crippen LogP) is 4.97. The standard InChI is InChI=1S/C30H36ClN3O4S/c1-22-11-9-14-24(17-22)20-33(27(29(36)32-30(2,3)4)18-23-12-7-6-8-13-23)28(35)21-34(39(5,37)38)26-16-10-15-25(31)19-26/h6-17,19,27H,18,20-21H2,1-5H3,(H,32,36). The van der Waals surface area contributed by atoms with Crippen LogP contribution in [0.4, 0.5) is 5.69 Å². The van der Waals surface area contributed by atoms with Gasteiger partial charge in [-0.2, -0.15) is 0 Å². The van der Waals surface area contributed by atoms with Gasteiger partial charge in [-0.3, -0.25) is 13.9 Å². The summed E-state index contributed by atoms with van der Waals surface area (Å²) in [4.78, 5) is 29.2. The largest absolute Gasteiger partial charge is 0.350 e. The molecule has 1 unspecified atom stereocenters. The van der Waals surface area contributed by atoms with E-state index in [1.807, 2.05) is 82.3 Å². The van der Waals surface area contributed by atoms with Crippen LogP contribution >= 0.6 is 11.6 Å². The molecule has 0 radical (unpaired) electrons. The van der Waals surface area contributed by atoms with Gasteiger partial charge in [-0.05, 0) is 57.0 Å². The Morgan fingerprint density at radius 3 is 2.15 bits per heavy atom. The molecule has 0 aliphatic rings. The van der Waals surface area contributed by atoms with Crippen LogP contribution in [-0.2, 0) is 32.6 Å². The molecule has 7 nitrogen and oxygen atoms in total. The van der Waals surface area contributed by atoms with Crippen LogP contribution in [0.3, 0.4) is 0 Å². The molecule has 3 aromatic rings. The van der Waals surface area contributed by atoms with Gasteiger partial charge in [0.2, 0.25) is 21.8 Å². The van der Waals surface area contributed by atoms with Gasteiger partial charge in [0.05, 0.1) is 11.9 Å². The molecule has 1 atom stereocenters. The van der Waals surface area contributed by atoms with E-state index in [4.69, 9.17) is 11.6 Å². The van der Waals surface area contributed by atoms with Gasteiger partial charge in [-0.25, -0.2) is 8.42 Å². The first kappa shape index (κ1) is 30.2. The van der Waals surface area contributed by atoms with Crippen LogP contribution in [0, 0.1) is 6.92 Å². The van der Waals surface area contributed by atoms with Crippen molar-refractivity contribution in [1.29, 1.82) is 0 Å². The molecule has 39 heavy (non-hydrogen) atoms. The van der Waals surface area contributed by atoms with Crippen LogP contribution in [0.2, 0.25) is 5.02 Å². The highest BCUT2D eigenvalue weighted by molar-refractivity contribution is 7.92. The van der Waals surface area contributed by atoms with Crippen LogP contribution in [0.5, 0.6) is 0 Å². The predicted molar refractivity (Wildman–Crippen MR) is 157 cm³/mol. The van der Waals surface area contributed by atoms with Crippen LogP contribution in [-0.4, -0.2) is 49.5 Å². The zero-order valence-electron chi connectivity index (χ0n) is 23.0. The number of rotatable bonds is 10. The Balaban J connectivity index is 2.08. The fourth-order valence-corrected chi connectivity index (χ4v) is 5.29. The van der Waals surface area contributed by atoms with Crippen molar-refractivity contribution < 1.29 is 18.0 Å². The second kappa shape index (κ2) is 12.7. The number of anilines is 1. The average molecular weight is 570 g/mol. The third kappa shape index (κ3) is 9.11. The third-order valence-electron chi connectivity index (χ3n) is 5.98. The van der Waals surface area contributed by atoms with E-state index >= 15 is 0 Å². The van der Waals surface area contributed by atoms with Crippen molar-refractivity contribution >= 4 is 39.1 Å². The number of benzene rings is 3. The van der Waals surface area contributed by atoms with Gasteiger partial charge >= 0.3 is 0 Å². The molecule has 0 spiro atoms. The number of nitrogens with one attached hydrogen (secondary N) is 1. The lowest BCUT2D eigenvalue weighted by atomic mass is 10.0. The van der Waals surface area contributed by atoms with Gasteiger partial charge in [-0.1, -0.05) is 77.8 Å². The number of hydrogen-bond donors (Lipinski definition) is 1. The molecule has 0 aromatic heterocycles. The maximum atomic E-state index is 14.1. The van der Waals surface area contributed by atoms with Gasteiger partial charge in [0.15, 0.2) is 0 Å². The van der Waals surface area contributed by atoms with Gasteiger partial charge in [0, 0.05) is 23.5 Å². The van der Waals surface area contributed by atoms with Crippen molar-refractivity contribution in [2.75, 3.05) is 17.1 Å². The van der Waals surface area contributed by atoms with Crippen molar-refractivity contribution in [2.45, 2.75) is 52.2 Å². The molecule has 0 saturated heterocycles. The zero-order valence-corrected chi connectivity index (χ0v) is 24.6. The molecular formula is C30H36ClN3O4S. The molecular weight excluding hydrogens is 534 g/mol. The molecule has 0 aliphatic heterocycles. The maximum absolute atomic E-state index is 14.1. The normalized spacial score (nSPS) is 12.5. The van der Waals surface area contributed by atoms with Gasteiger partial charge in [0.25, 0.3) is 0 Å². The summed E-state index contributed by atoms with van der Waals surface area (Å²) in [5, 5.41) is 3.36. The highest BCUT2D eigenvalue weighted by atomic mass is 35.5. The minimum absolute atomic E-state index is 0.128. The first-order valence-corrected chi connectivity index (χ1v) is 14.9. The van der Waals surface area contributed by atoms with Crippen LogP contribution < -0.4 is 9.62 Å². The first-order valence-electron chi connectivity index (χ1n) is 12.7. The minimum atomic E-state index is -3.85. The summed E-state index contributed by atoms with van der Waals surface area (Å²) in [6.45, 7) is 7.22. The molecule has 1 N–H and O–H groups in total. The fourth-order valence-electron chi connectivity index (χ4n) is 4.26. The summed E-state index contributed by atoms with van der Waals surface area (Å²) in [5.41, 5.74) is 2.45. The number of sulfonamides is 1. The topological polar surface area (TPSA) is 86.8 Å². The van der Waals surface area contributed by atoms with Crippen molar-refractivity contribution in [3.63, 3.8) is 0 Å². The van der Waals surface area contributed by atoms with E-state index < -0.39 is 34.1 Å². The lowest BCUT2D eigenvalue weighted by molar-refractivity contribution is -0.140. The summed E-state index contributed by atoms with van der Waals surface area (Å²) >= 11 is 6.13. The molecule has 0 saturated carbocycles. The van der Waals surface area contributed by atoms with Gasteiger partial charge in [0.1, 0.15) is 12.6 Å². The SMILES string of the molecule is Cc1cccc(CN(C(=O)CN(c2cccc(Cl)c2)S(C)(=O)=O)C(Cc2ccccc2)C(=O)NC(C)(C)C)c1. The molecule has 2 amide bonds. The molecule has 0 heterocycles. The highest BCUT2D eigenvalue weighted by Gasteiger charge is 2.34. The minimum Gasteiger partial charge on any atom is -0.350 e. The molecule has 3 rings (SSSR count). The van der Waals surface area contributed by atoms with E-state index in [-0.39, 0.29) is 24.6 Å². The highest BCUT2D eigenvalue weighted by Crippen LogP contribution is 2.23. The number of carbonyl (C=O) groups excluding carboxylic acids is 2. The molecule has 3 aromatic carbocycles. The Kier molecular flexibility index (Phi) is 9.80. The van der Waals surface area contributed by atoms with E-state index in [1.54, 1.807) is 18.2 Å². The van der Waals surface area contributed by atoms with Crippen molar-refractivity contribution in [3.8, 4) is 0 Å². The molecule has 208 valence electrons. The first-order chi connectivity index (χ1) is 18.2. The quantitative estimate of drug-likeness (QED) is 0.373. The van der Waals surface area contributed by atoms with E-state index in [0.717, 1.165) is 27.3 Å². The Labute approximate surface area is 236 Å². The summed E-state index contributed by atoms with van der Waals surface area (Å²) in [5.74, 6) is -0.826. The summed E-state index contributed by atoms with van der Waals surface area (Å²) < 4.78 is 26.7. The molecule has 0 fully saturated rings. The van der Waals surface area contributed by atoms with Crippen molar-refractivity contribution in [2.24, 2.45) is 0 Å². The number of amides is 2. The Hall–Kier alpha value is -3.36. The van der Waals surface area contributed by atoms with Crippen LogP contribution in [0.15, 0.2) is 78.9 Å². The molecule has 0 aliphatic carbocycles. The van der Waals surface area contributed by atoms with E-state index in [2.05, 4.69) is 5.32 Å². The lowest BCUT2D eigenvalue weighted by Gasteiger charge is -2.35. The van der Waals surface area contributed by atoms with Crippen molar-refractivity contribution in [1.82, 2.24) is 10.2 Å². The lowest BCUT2D eigenvalue weighted by Crippen LogP contribution is -2.56. The number of carbonyl (C=O) groups is 2. The van der Waals surface area contributed by atoms with Gasteiger partial charge < -0.3 is 10.2 Å². The molecule has 9 heteroatoms. The Morgan fingerprint density at radius 2 is 1.56 bits per heavy atom. The zero-order chi connectivity index (χ0) is 28.8. The van der Waals surface area contributed by atoms with Crippen LogP contribution in [0.25, 0.3) is 0 Å². The summed E-state index contributed by atoms with van der Waals surface area (Å²) in [7, 11) is -3.85. The molecule has 0 bridgehead atoms. The summed E-state index contributed by atoms with van der Waals surface area (Å²) in [6.07, 6.45) is 1.30. The Bertz CT molecular complexity index is 1400. The second-order valence-corrected chi connectivity index (χ2v) is 13.0.